The van der Waals surface area contributed by atoms with Gasteiger partial charge in [-0.3, -0.25) is 19.3 Å². The lowest BCUT2D eigenvalue weighted by atomic mass is 10.1. The summed E-state index contributed by atoms with van der Waals surface area (Å²) in [6.07, 6.45) is 6.72. The van der Waals surface area contributed by atoms with Gasteiger partial charge in [-0.15, -0.1) is 0 Å². The molecular formula is C26H33N7O5. The van der Waals surface area contributed by atoms with Crippen molar-refractivity contribution in [3.63, 3.8) is 0 Å². The molecule has 38 heavy (non-hydrogen) atoms. The van der Waals surface area contributed by atoms with Gasteiger partial charge in [-0.25, -0.2) is 9.97 Å². The van der Waals surface area contributed by atoms with E-state index in [1.165, 1.54) is 0 Å². The summed E-state index contributed by atoms with van der Waals surface area (Å²) >= 11 is 0. The second kappa shape index (κ2) is 10.3. The number of nitrogens with zero attached hydrogens (tertiary/aromatic N) is 6. The van der Waals surface area contributed by atoms with Crippen LogP contribution in [0.4, 0.5) is 0 Å². The van der Waals surface area contributed by atoms with Gasteiger partial charge in [0.05, 0.1) is 24.7 Å². The smallest absolute Gasteiger partial charge is 0.257 e. The Morgan fingerprint density at radius 3 is 2.79 bits per heavy atom. The van der Waals surface area contributed by atoms with E-state index in [-0.39, 0.29) is 60.9 Å². The third-order valence-corrected chi connectivity index (χ3v) is 7.83. The Morgan fingerprint density at radius 2 is 2.00 bits per heavy atom. The Hall–Kier alpha value is -3.51. The first-order valence-electron chi connectivity index (χ1n) is 13.2. The number of amides is 3. The predicted molar refractivity (Wildman–Crippen MR) is 134 cm³/mol. The summed E-state index contributed by atoms with van der Waals surface area (Å²) in [5.41, 5.74) is 0.327. The van der Waals surface area contributed by atoms with Crippen molar-refractivity contribution >= 4 is 17.7 Å². The van der Waals surface area contributed by atoms with Crippen LogP contribution in [0.2, 0.25) is 0 Å². The minimum atomic E-state index is -0.374. The molecule has 0 radical (unpaired) electrons. The molecule has 1 aliphatic carbocycles. The van der Waals surface area contributed by atoms with Crippen molar-refractivity contribution in [2.24, 2.45) is 13.0 Å². The Morgan fingerprint density at radius 1 is 1.13 bits per heavy atom. The summed E-state index contributed by atoms with van der Waals surface area (Å²) in [6, 6.07) is 2.69. The highest BCUT2D eigenvalue weighted by Gasteiger charge is 2.41. The Balaban J connectivity index is 1.24. The number of rotatable bonds is 3. The number of nitrogens with one attached hydrogen (secondary N) is 1. The van der Waals surface area contributed by atoms with Gasteiger partial charge in [-0.1, -0.05) is 0 Å². The molecule has 0 aromatic carbocycles. The number of fused-ring (bicyclic) bond motifs is 3. The first-order chi connectivity index (χ1) is 18.5. The van der Waals surface area contributed by atoms with Gasteiger partial charge in [-0.05, 0) is 25.0 Å². The molecule has 3 aliphatic heterocycles. The molecule has 2 saturated heterocycles. The van der Waals surface area contributed by atoms with Gasteiger partial charge in [0.25, 0.3) is 5.91 Å². The van der Waals surface area contributed by atoms with Gasteiger partial charge in [0.15, 0.2) is 0 Å². The number of aryl methyl sites for hydroxylation is 1. The van der Waals surface area contributed by atoms with E-state index >= 15 is 0 Å². The zero-order valence-corrected chi connectivity index (χ0v) is 21.5. The van der Waals surface area contributed by atoms with Crippen molar-refractivity contribution in [1.29, 1.82) is 0 Å². The van der Waals surface area contributed by atoms with Crippen LogP contribution in [0.15, 0.2) is 30.7 Å². The number of imidazole rings is 1. The van der Waals surface area contributed by atoms with Crippen LogP contribution in [-0.4, -0.2) is 111 Å². The highest BCUT2D eigenvalue weighted by atomic mass is 16.5. The van der Waals surface area contributed by atoms with Crippen molar-refractivity contribution < 1.29 is 23.9 Å². The number of hydrogen-bond donors (Lipinski definition) is 1. The SMILES string of the molecule is Cn1ccnc1CN1C[C@@H]2OCC(=O)N3CCN(C(=O)C4CC4)C[C@H]3COc3ncccc3C(=O)N[C@@H]2C1. The lowest BCUT2D eigenvalue weighted by molar-refractivity contribution is -0.149. The van der Waals surface area contributed by atoms with Crippen molar-refractivity contribution in [2.75, 3.05) is 45.9 Å². The first-order valence-corrected chi connectivity index (χ1v) is 13.2. The quantitative estimate of drug-likeness (QED) is 0.580. The fraction of sp³-hybridized carbons (Fsp3) is 0.577. The van der Waals surface area contributed by atoms with Crippen LogP contribution in [0.25, 0.3) is 0 Å². The largest absolute Gasteiger partial charge is 0.475 e. The van der Waals surface area contributed by atoms with Crippen LogP contribution in [0.5, 0.6) is 5.88 Å². The van der Waals surface area contributed by atoms with Crippen molar-refractivity contribution in [2.45, 2.75) is 37.6 Å². The van der Waals surface area contributed by atoms with E-state index in [2.05, 4.69) is 20.2 Å². The molecule has 1 saturated carbocycles. The second-order valence-corrected chi connectivity index (χ2v) is 10.5. The number of likely N-dealkylation sites (tertiary alicyclic amines) is 1. The molecule has 2 aromatic rings. The summed E-state index contributed by atoms with van der Waals surface area (Å²) in [4.78, 5) is 53.9. The molecule has 202 valence electrons. The highest BCUT2D eigenvalue weighted by molar-refractivity contribution is 5.96. The number of ether oxygens (including phenoxy) is 2. The first kappa shape index (κ1) is 24.8. The number of aromatic nitrogens is 3. The standard InChI is InChI=1S/C26H33N7O5/c1-30-8-7-27-22(30)14-31-12-20-21(13-31)37-16-23(34)33-10-9-32(26(36)17-4-5-17)11-18(33)15-38-25-19(24(35)29-20)3-2-6-28-25/h2-3,6-8,17-18,20-21H,4-5,9-16H2,1H3,(H,29,35)/t18-,20+,21-/m0/s1. The number of carbonyl (C=O) groups excluding carboxylic acids is 3. The molecule has 2 aromatic heterocycles. The van der Waals surface area contributed by atoms with E-state index in [4.69, 9.17) is 9.47 Å². The molecule has 0 unspecified atom stereocenters. The lowest BCUT2D eigenvalue weighted by Gasteiger charge is -2.41. The molecule has 12 nitrogen and oxygen atoms in total. The maximum Gasteiger partial charge on any atom is 0.257 e. The Kier molecular flexibility index (Phi) is 6.75. The normalized spacial score (nSPS) is 26.7. The zero-order chi connectivity index (χ0) is 26.2. The summed E-state index contributed by atoms with van der Waals surface area (Å²) in [5, 5.41) is 3.09. The second-order valence-electron chi connectivity index (χ2n) is 10.5. The van der Waals surface area contributed by atoms with Gasteiger partial charge in [0.2, 0.25) is 17.7 Å². The van der Waals surface area contributed by atoms with E-state index in [1.54, 1.807) is 29.4 Å². The molecule has 5 heterocycles. The molecule has 1 N–H and O–H groups in total. The Bertz CT molecular complexity index is 1210. The van der Waals surface area contributed by atoms with E-state index < -0.39 is 0 Å². The summed E-state index contributed by atoms with van der Waals surface area (Å²) in [7, 11) is 1.95. The van der Waals surface area contributed by atoms with Gasteiger partial charge in [0, 0.05) is 64.3 Å². The number of hydrogen-bond acceptors (Lipinski definition) is 8. The van der Waals surface area contributed by atoms with E-state index in [0.29, 0.717) is 44.8 Å². The molecule has 3 amide bonds. The minimum absolute atomic E-state index is 0.106. The molecule has 4 aliphatic rings. The van der Waals surface area contributed by atoms with Crippen molar-refractivity contribution in [3.8, 4) is 5.88 Å². The topological polar surface area (TPSA) is 122 Å². The molecule has 0 bridgehead atoms. The minimum Gasteiger partial charge on any atom is -0.475 e. The fourth-order valence-electron chi connectivity index (χ4n) is 5.51. The highest BCUT2D eigenvalue weighted by Crippen LogP contribution is 2.32. The molecule has 3 fully saturated rings. The summed E-state index contributed by atoms with van der Waals surface area (Å²) in [6.45, 7) is 3.03. The monoisotopic (exact) mass is 523 g/mol. The average molecular weight is 524 g/mol. The van der Waals surface area contributed by atoms with Crippen LogP contribution in [0, 0.1) is 5.92 Å². The zero-order valence-electron chi connectivity index (χ0n) is 21.5. The molecule has 12 heteroatoms. The fourth-order valence-corrected chi connectivity index (χ4v) is 5.51. The predicted octanol–water partition coefficient (Wildman–Crippen LogP) is -0.344. The Labute approximate surface area is 220 Å². The third-order valence-electron chi connectivity index (χ3n) is 7.83. The van der Waals surface area contributed by atoms with Crippen LogP contribution < -0.4 is 10.1 Å². The molecule has 6 rings (SSSR count). The lowest BCUT2D eigenvalue weighted by Crippen LogP contribution is -2.59. The molecule has 0 spiro atoms. The van der Waals surface area contributed by atoms with Crippen molar-refractivity contribution in [1.82, 2.24) is 34.6 Å². The molecular weight excluding hydrogens is 490 g/mol. The van der Waals surface area contributed by atoms with Gasteiger partial charge in [-0.2, -0.15) is 0 Å². The maximum absolute atomic E-state index is 13.4. The van der Waals surface area contributed by atoms with E-state index in [9.17, 15) is 14.4 Å². The van der Waals surface area contributed by atoms with E-state index in [1.807, 2.05) is 22.7 Å². The number of pyridine rings is 1. The van der Waals surface area contributed by atoms with Gasteiger partial charge < -0.3 is 29.2 Å². The van der Waals surface area contributed by atoms with Gasteiger partial charge >= 0.3 is 0 Å². The number of carbonyl (C=O) groups is 3. The van der Waals surface area contributed by atoms with E-state index in [0.717, 1.165) is 18.7 Å². The van der Waals surface area contributed by atoms with Gasteiger partial charge in [0.1, 0.15) is 24.6 Å². The van der Waals surface area contributed by atoms with Crippen LogP contribution in [0.3, 0.4) is 0 Å². The van der Waals surface area contributed by atoms with Crippen LogP contribution >= 0.6 is 0 Å². The average Bonchev–Trinajstić information content (AvgIpc) is 3.60. The van der Waals surface area contributed by atoms with Crippen LogP contribution in [0.1, 0.15) is 29.0 Å². The van der Waals surface area contributed by atoms with Crippen LogP contribution in [-0.2, 0) is 27.9 Å². The maximum atomic E-state index is 13.4. The summed E-state index contributed by atoms with van der Waals surface area (Å²) in [5.74, 6) is 0.923. The summed E-state index contributed by atoms with van der Waals surface area (Å²) < 4.78 is 14.2. The molecule has 3 atom stereocenters. The number of piperazine rings is 1. The van der Waals surface area contributed by atoms with Crippen molar-refractivity contribution in [3.05, 3.63) is 42.1 Å². The third kappa shape index (κ3) is 5.10.